The van der Waals surface area contributed by atoms with E-state index < -0.39 is 0 Å². The van der Waals surface area contributed by atoms with Crippen molar-refractivity contribution >= 4 is 118 Å². The van der Waals surface area contributed by atoms with Gasteiger partial charge in [0.1, 0.15) is 0 Å². The molecule has 0 heterocycles. The number of fused-ring (bicyclic) bond motifs is 13. The van der Waals surface area contributed by atoms with Crippen LogP contribution in [0.3, 0.4) is 0 Å². The molecule has 0 nitrogen and oxygen atoms in total. The van der Waals surface area contributed by atoms with Crippen LogP contribution >= 0.6 is 0 Å². The Morgan fingerprint density at radius 1 is 0.182 bits per heavy atom. The van der Waals surface area contributed by atoms with E-state index >= 15 is 0 Å². The van der Waals surface area contributed by atoms with Crippen molar-refractivity contribution in [3.05, 3.63) is 241 Å². The summed E-state index contributed by atoms with van der Waals surface area (Å²) >= 11 is 0. The largest absolute Gasteiger partial charge is 0.0622 e. The molecule has 0 aromatic heterocycles. The van der Waals surface area contributed by atoms with Gasteiger partial charge in [-0.05, 0) is 247 Å². The van der Waals surface area contributed by atoms with Crippen molar-refractivity contribution in [1.29, 1.82) is 0 Å². The van der Waals surface area contributed by atoms with Crippen LogP contribution in [0.5, 0.6) is 0 Å². The van der Waals surface area contributed by atoms with Gasteiger partial charge in [-0.25, -0.2) is 0 Å². The van der Waals surface area contributed by atoms with E-state index in [1.54, 1.807) is 0 Å². The number of aryl methyl sites for hydroxylation is 3. The quantitative estimate of drug-likeness (QED) is 0.122. The Kier molecular flexibility index (Phi) is 8.02. The number of hydrogen-bond donors (Lipinski definition) is 0. The van der Waals surface area contributed by atoms with Crippen LogP contribution in [-0.4, -0.2) is 0 Å². The Bertz CT molecular complexity index is 5260. The first-order valence-corrected chi connectivity index (χ1v) is 27.2. The Morgan fingerprint density at radius 3 is 1.26 bits per heavy atom. The molecule has 0 heteroatoms. The van der Waals surface area contributed by atoms with Crippen LogP contribution < -0.4 is 0 Å². The van der Waals surface area contributed by atoms with Crippen molar-refractivity contribution in [2.45, 2.75) is 20.8 Å². The minimum Gasteiger partial charge on any atom is -0.0622 e. The molecule has 0 atom stereocenters. The molecule has 0 bridgehead atoms. The van der Waals surface area contributed by atoms with E-state index in [1.807, 2.05) is 0 Å². The van der Waals surface area contributed by atoms with Crippen molar-refractivity contribution in [2.24, 2.45) is 0 Å². The third-order valence-electron chi connectivity index (χ3n) is 18.4. The van der Waals surface area contributed by atoms with Gasteiger partial charge in [0.05, 0.1) is 0 Å². The van der Waals surface area contributed by atoms with E-state index in [2.05, 4.69) is 245 Å². The van der Waals surface area contributed by atoms with Crippen molar-refractivity contribution in [1.82, 2.24) is 0 Å². The zero-order valence-corrected chi connectivity index (χ0v) is 42.9. The number of rotatable bonds is 4. The van der Waals surface area contributed by atoms with Crippen molar-refractivity contribution in [2.75, 3.05) is 0 Å². The summed E-state index contributed by atoms with van der Waals surface area (Å²) in [5.41, 5.74) is 19.6. The molecule has 17 aromatic carbocycles. The Hall–Kier alpha value is -9.62. The summed E-state index contributed by atoms with van der Waals surface area (Å²) in [6.45, 7) is 6.74. The van der Waals surface area contributed by atoms with Gasteiger partial charge in [-0.2, -0.15) is 0 Å². The summed E-state index contributed by atoms with van der Waals surface area (Å²) < 4.78 is 0. The minimum absolute atomic E-state index is 1.24. The van der Waals surface area contributed by atoms with E-state index in [1.165, 1.54) is 202 Å². The van der Waals surface area contributed by atoms with E-state index in [9.17, 15) is 0 Å². The van der Waals surface area contributed by atoms with E-state index in [0.29, 0.717) is 0 Å². The summed E-state index contributed by atoms with van der Waals surface area (Å²) in [5.74, 6) is 0. The summed E-state index contributed by atoms with van der Waals surface area (Å²) in [4.78, 5) is 0. The molecule has 1 aliphatic carbocycles. The molecule has 0 saturated heterocycles. The lowest BCUT2D eigenvalue weighted by Gasteiger charge is -2.17. The van der Waals surface area contributed by atoms with Crippen molar-refractivity contribution in [3.63, 3.8) is 0 Å². The molecule has 0 unspecified atom stereocenters. The fourth-order valence-corrected chi connectivity index (χ4v) is 15.2. The van der Waals surface area contributed by atoms with Gasteiger partial charge >= 0.3 is 0 Å². The van der Waals surface area contributed by atoms with E-state index in [4.69, 9.17) is 0 Å². The molecule has 0 fully saturated rings. The van der Waals surface area contributed by atoms with E-state index in [0.717, 1.165) is 0 Å². The smallest absolute Gasteiger partial charge is 0.000740 e. The molecule has 0 aliphatic heterocycles. The minimum atomic E-state index is 1.24. The maximum Gasteiger partial charge on any atom is -0.000740 e. The van der Waals surface area contributed by atoms with Gasteiger partial charge in [0.15, 0.2) is 0 Å². The lowest BCUT2D eigenvalue weighted by atomic mass is 9.85. The summed E-state index contributed by atoms with van der Waals surface area (Å²) in [6, 6.07) is 86.3. The third-order valence-corrected chi connectivity index (χ3v) is 18.4. The van der Waals surface area contributed by atoms with Gasteiger partial charge < -0.3 is 0 Å². The highest BCUT2D eigenvalue weighted by molar-refractivity contribution is 6.47. The van der Waals surface area contributed by atoms with Gasteiger partial charge in [0, 0.05) is 0 Å². The second-order valence-electron chi connectivity index (χ2n) is 22.2. The Labute approximate surface area is 444 Å². The van der Waals surface area contributed by atoms with Crippen molar-refractivity contribution in [3.8, 4) is 66.8 Å². The summed E-state index contributed by atoms with van der Waals surface area (Å²) in [7, 11) is 0. The topological polar surface area (TPSA) is 0 Å². The maximum atomic E-state index is 2.56. The molecule has 354 valence electrons. The second kappa shape index (κ2) is 14.8. The fourth-order valence-electron chi connectivity index (χ4n) is 15.2. The highest BCUT2D eigenvalue weighted by Gasteiger charge is 2.30. The highest BCUT2D eigenvalue weighted by atomic mass is 14.3. The van der Waals surface area contributed by atoms with Crippen LogP contribution in [0.25, 0.3) is 185 Å². The molecule has 0 spiro atoms. The fraction of sp³-hybridized carbons (Fsp3) is 0.0390. The molecular formula is C77H46. The molecule has 17 aromatic rings. The zero-order chi connectivity index (χ0) is 50.5. The van der Waals surface area contributed by atoms with Crippen LogP contribution in [0.15, 0.2) is 224 Å². The SMILES string of the molecule is Cc1cc2ccccc2cc1-c1ccc2c3cc4c(-c5ccccc5)c5c6ccc7c8ccc9c%10c(ccc(c%11ccc(c5c(-c5ccccc5)c4cc3c3cccc1c32)c6c%117)c%108)-c1ccc(-c2c(C)cccc2C)cc1-9. The molecule has 77 heavy (non-hydrogen) atoms. The molecule has 0 saturated carbocycles. The standard InChI is InChI=1S/C77H46/c1-41-14-12-15-42(2)68(41)48-24-25-50-53-28-29-54-56-32-34-60-75-61(35-33-57(74(56)75)55-30-31-59(63(50)38-48)72(53)73(54)55)77-70(45-18-8-5-9-19-45)67-40-65-58-27-26-49(62-37-47-21-11-10-20-46(47)36-43(62)3)51-22-13-23-52(71(51)58)64(65)39-66(67)69(76(60)77)44-16-6-4-7-17-44/h4-40H,1-3H3. The van der Waals surface area contributed by atoms with Crippen LogP contribution in [0, 0.1) is 20.8 Å². The second-order valence-corrected chi connectivity index (χ2v) is 22.2. The first kappa shape index (κ1) is 41.7. The molecular weight excluding hydrogens is 925 g/mol. The molecule has 0 amide bonds. The molecule has 0 radical (unpaired) electrons. The van der Waals surface area contributed by atoms with Crippen LogP contribution in [0.4, 0.5) is 0 Å². The van der Waals surface area contributed by atoms with Crippen LogP contribution in [0.1, 0.15) is 16.7 Å². The lowest BCUT2D eigenvalue weighted by molar-refractivity contribution is 1.38. The number of hydrogen-bond acceptors (Lipinski definition) is 0. The zero-order valence-electron chi connectivity index (χ0n) is 42.9. The third kappa shape index (κ3) is 5.32. The van der Waals surface area contributed by atoms with Crippen LogP contribution in [-0.2, 0) is 0 Å². The first-order valence-electron chi connectivity index (χ1n) is 27.2. The molecule has 18 rings (SSSR count). The molecule has 1 aliphatic rings. The Morgan fingerprint density at radius 2 is 0.636 bits per heavy atom. The predicted octanol–water partition coefficient (Wildman–Crippen LogP) is 21.9. The monoisotopic (exact) mass is 970 g/mol. The van der Waals surface area contributed by atoms with Gasteiger partial charge in [0.2, 0.25) is 0 Å². The predicted molar refractivity (Wildman–Crippen MR) is 333 cm³/mol. The van der Waals surface area contributed by atoms with Crippen LogP contribution in [0.2, 0.25) is 0 Å². The molecule has 0 N–H and O–H groups in total. The lowest BCUT2D eigenvalue weighted by Crippen LogP contribution is -1.89. The van der Waals surface area contributed by atoms with Gasteiger partial charge in [-0.3, -0.25) is 0 Å². The van der Waals surface area contributed by atoms with Gasteiger partial charge in [-0.1, -0.05) is 200 Å². The number of benzene rings is 15. The Balaban J connectivity index is 0.946. The van der Waals surface area contributed by atoms with E-state index in [-0.39, 0.29) is 0 Å². The van der Waals surface area contributed by atoms with Crippen molar-refractivity contribution < 1.29 is 0 Å². The summed E-state index contributed by atoms with van der Waals surface area (Å²) in [6.07, 6.45) is 0. The first-order chi connectivity index (χ1) is 38.0. The normalized spacial score (nSPS) is 12.6. The maximum absolute atomic E-state index is 2.56. The van der Waals surface area contributed by atoms with Gasteiger partial charge in [-0.15, -0.1) is 0 Å². The average Bonchev–Trinajstić information content (AvgIpc) is 4.10. The summed E-state index contributed by atoms with van der Waals surface area (Å²) in [5, 5.41) is 29.1. The van der Waals surface area contributed by atoms with Gasteiger partial charge in [0.25, 0.3) is 0 Å². The average molecular weight is 971 g/mol. The highest BCUT2D eigenvalue weighted by Crippen LogP contribution is 2.58.